The van der Waals surface area contributed by atoms with E-state index in [1.165, 1.54) is 23.5 Å². The molecule has 0 N–H and O–H groups in total. The van der Waals surface area contributed by atoms with Crippen LogP contribution in [0.25, 0.3) is 10.2 Å². The zero-order valence-corrected chi connectivity index (χ0v) is 16.9. The average Bonchev–Trinajstić information content (AvgIpc) is 3.35. The number of amides is 1. The number of non-ortho nitro benzene ring substituents is 1. The van der Waals surface area contributed by atoms with E-state index in [0.717, 1.165) is 34.2 Å². The van der Waals surface area contributed by atoms with E-state index in [1.54, 1.807) is 17.0 Å². The first-order valence-electron chi connectivity index (χ1n) is 9.52. The maximum absolute atomic E-state index is 13.2. The Labute approximate surface area is 172 Å². The molecule has 2 aromatic carbocycles. The highest BCUT2D eigenvalue weighted by Gasteiger charge is 2.26. The molecule has 150 valence electrons. The number of carbonyl (C=O) groups is 1. The molecule has 0 saturated carbocycles. The largest absolute Gasteiger partial charge is 0.376 e. The minimum absolute atomic E-state index is 0.00422. The van der Waals surface area contributed by atoms with Gasteiger partial charge in [0, 0.05) is 18.7 Å². The molecule has 1 saturated heterocycles. The zero-order valence-electron chi connectivity index (χ0n) is 16.0. The Hall–Kier alpha value is -2.84. The molecule has 2 heterocycles. The molecular weight excluding hydrogens is 390 g/mol. The van der Waals surface area contributed by atoms with Gasteiger partial charge >= 0.3 is 0 Å². The lowest BCUT2D eigenvalue weighted by molar-refractivity contribution is -0.384. The van der Waals surface area contributed by atoms with Gasteiger partial charge in [-0.2, -0.15) is 0 Å². The van der Waals surface area contributed by atoms with Crippen LogP contribution in [0.15, 0.2) is 42.5 Å². The number of thiazole rings is 1. The number of nitrogens with zero attached hydrogens (tertiary/aromatic N) is 3. The van der Waals surface area contributed by atoms with Gasteiger partial charge in [-0.25, -0.2) is 4.98 Å². The van der Waals surface area contributed by atoms with Crippen LogP contribution in [0.4, 0.5) is 10.8 Å². The fourth-order valence-electron chi connectivity index (χ4n) is 3.42. The van der Waals surface area contributed by atoms with E-state index in [9.17, 15) is 14.9 Å². The number of ether oxygens (including phenoxy) is 1. The van der Waals surface area contributed by atoms with Gasteiger partial charge in [-0.05, 0) is 43.0 Å². The standard InChI is InChI=1S/C21H21N3O4S/c1-14-4-9-18-19(11-14)29-21(22-18)23(13-17-3-2-10-28-17)20(25)12-15-5-7-16(8-6-15)24(26)27/h4-9,11,17H,2-3,10,12-13H2,1H3. The third kappa shape index (κ3) is 4.44. The number of fused-ring (bicyclic) bond motifs is 1. The minimum Gasteiger partial charge on any atom is -0.376 e. The van der Waals surface area contributed by atoms with Crippen LogP contribution < -0.4 is 4.90 Å². The van der Waals surface area contributed by atoms with Crippen molar-refractivity contribution in [1.82, 2.24) is 4.98 Å². The highest BCUT2D eigenvalue weighted by molar-refractivity contribution is 7.22. The summed E-state index contributed by atoms with van der Waals surface area (Å²) in [5.41, 5.74) is 2.76. The molecule has 1 atom stereocenters. The lowest BCUT2D eigenvalue weighted by atomic mass is 10.1. The number of rotatable bonds is 6. The van der Waals surface area contributed by atoms with Crippen LogP contribution in [0.5, 0.6) is 0 Å². The molecule has 0 radical (unpaired) electrons. The molecule has 1 aliphatic rings. The highest BCUT2D eigenvalue weighted by Crippen LogP contribution is 2.31. The van der Waals surface area contributed by atoms with Crippen LogP contribution in [0, 0.1) is 17.0 Å². The summed E-state index contributed by atoms with van der Waals surface area (Å²) >= 11 is 1.50. The van der Waals surface area contributed by atoms with E-state index < -0.39 is 4.92 Å². The van der Waals surface area contributed by atoms with Gasteiger partial charge in [0.05, 0.1) is 34.2 Å². The third-order valence-electron chi connectivity index (χ3n) is 4.98. The summed E-state index contributed by atoms with van der Waals surface area (Å²) < 4.78 is 6.79. The van der Waals surface area contributed by atoms with Crippen LogP contribution in [0.3, 0.4) is 0 Å². The summed E-state index contributed by atoms with van der Waals surface area (Å²) in [4.78, 5) is 29.9. The average molecular weight is 411 g/mol. The molecule has 1 aromatic heterocycles. The van der Waals surface area contributed by atoms with Crippen molar-refractivity contribution in [3.63, 3.8) is 0 Å². The normalized spacial score (nSPS) is 16.2. The Bertz CT molecular complexity index is 1040. The minimum atomic E-state index is -0.446. The van der Waals surface area contributed by atoms with Crippen LogP contribution >= 0.6 is 11.3 Å². The first-order valence-corrected chi connectivity index (χ1v) is 10.3. The van der Waals surface area contributed by atoms with Crippen molar-refractivity contribution in [3.05, 3.63) is 63.7 Å². The van der Waals surface area contributed by atoms with E-state index >= 15 is 0 Å². The van der Waals surface area contributed by atoms with Gasteiger partial charge in [-0.1, -0.05) is 29.5 Å². The summed E-state index contributed by atoms with van der Waals surface area (Å²) in [5, 5.41) is 11.5. The lowest BCUT2D eigenvalue weighted by Gasteiger charge is -2.23. The number of aryl methyl sites for hydroxylation is 1. The van der Waals surface area contributed by atoms with Crippen molar-refractivity contribution >= 4 is 38.3 Å². The van der Waals surface area contributed by atoms with Crippen molar-refractivity contribution in [3.8, 4) is 0 Å². The Kier molecular flexibility index (Phi) is 5.55. The number of hydrogen-bond donors (Lipinski definition) is 0. The quantitative estimate of drug-likeness (QED) is 0.447. The van der Waals surface area contributed by atoms with Gasteiger partial charge in [0.1, 0.15) is 0 Å². The SMILES string of the molecule is Cc1ccc2nc(N(CC3CCCO3)C(=O)Cc3ccc([N+](=O)[O-])cc3)sc2c1. The molecule has 7 nitrogen and oxygen atoms in total. The van der Waals surface area contributed by atoms with Gasteiger partial charge in [-0.3, -0.25) is 19.8 Å². The highest BCUT2D eigenvalue weighted by atomic mass is 32.1. The summed E-state index contributed by atoms with van der Waals surface area (Å²) in [5.74, 6) is -0.0925. The predicted octanol–water partition coefficient (Wildman–Crippen LogP) is 4.27. The molecule has 1 unspecified atom stereocenters. The summed E-state index contributed by atoms with van der Waals surface area (Å²) in [6, 6.07) is 12.2. The van der Waals surface area contributed by atoms with Crippen molar-refractivity contribution in [2.24, 2.45) is 0 Å². The fourth-order valence-corrected chi connectivity index (χ4v) is 4.51. The first kappa shape index (κ1) is 19.5. The van der Waals surface area contributed by atoms with Crippen molar-refractivity contribution in [2.75, 3.05) is 18.1 Å². The van der Waals surface area contributed by atoms with E-state index in [4.69, 9.17) is 4.74 Å². The first-order chi connectivity index (χ1) is 14.0. The Morgan fingerprint density at radius 3 is 2.79 bits per heavy atom. The Morgan fingerprint density at radius 1 is 1.31 bits per heavy atom. The number of nitro benzene ring substituents is 1. The van der Waals surface area contributed by atoms with Crippen LogP contribution in [0.2, 0.25) is 0 Å². The van der Waals surface area contributed by atoms with Gasteiger partial charge in [0.25, 0.3) is 5.69 Å². The third-order valence-corrected chi connectivity index (χ3v) is 6.02. The van der Waals surface area contributed by atoms with Crippen LogP contribution in [0.1, 0.15) is 24.0 Å². The van der Waals surface area contributed by atoms with Gasteiger partial charge in [-0.15, -0.1) is 0 Å². The second kappa shape index (κ2) is 8.26. The molecule has 29 heavy (non-hydrogen) atoms. The number of nitro groups is 1. The van der Waals surface area contributed by atoms with Gasteiger partial charge < -0.3 is 4.74 Å². The summed E-state index contributed by atoms with van der Waals surface area (Å²) in [6.07, 6.45) is 2.07. The van der Waals surface area contributed by atoms with Gasteiger partial charge in [0.2, 0.25) is 5.91 Å². The summed E-state index contributed by atoms with van der Waals surface area (Å²) in [7, 11) is 0. The van der Waals surface area contributed by atoms with Gasteiger partial charge in [0.15, 0.2) is 5.13 Å². The van der Waals surface area contributed by atoms with Crippen LogP contribution in [-0.4, -0.2) is 35.1 Å². The van der Waals surface area contributed by atoms with E-state index in [2.05, 4.69) is 11.1 Å². The smallest absolute Gasteiger partial charge is 0.269 e. The molecule has 3 aromatic rings. The molecule has 0 spiro atoms. The fraction of sp³-hybridized carbons (Fsp3) is 0.333. The van der Waals surface area contributed by atoms with Crippen LogP contribution in [-0.2, 0) is 16.0 Å². The number of carbonyl (C=O) groups excluding carboxylic acids is 1. The molecule has 1 amide bonds. The van der Waals surface area contributed by atoms with Crippen molar-refractivity contribution in [1.29, 1.82) is 0 Å². The molecule has 8 heteroatoms. The van der Waals surface area contributed by atoms with E-state index in [1.807, 2.05) is 19.1 Å². The maximum Gasteiger partial charge on any atom is 0.269 e. The van der Waals surface area contributed by atoms with Crippen molar-refractivity contribution < 1.29 is 14.5 Å². The molecular formula is C21H21N3O4S. The monoisotopic (exact) mass is 411 g/mol. The number of anilines is 1. The molecule has 4 rings (SSSR count). The van der Waals surface area contributed by atoms with E-state index in [-0.39, 0.29) is 24.1 Å². The molecule has 1 aliphatic heterocycles. The molecule has 0 bridgehead atoms. The Morgan fingerprint density at radius 2 is 2.10 bits per heavy atom. The zero-order chi connectivity index (χ0) is 20.4. The van der Waals surface area contributed by atoms with Crippen molar-refractivity contribution in [2.45, 2.75) is 32.3 Å². The second-order valence-electron chi connectivity index (χ2n) is 7.21. The topological polar surface area (TPSA) is 85.6 Å². The second-order valence-corrected chi connectivity index (χ2v) is 8.22. The predicted molar refractivity (Wildman–Crippen MR) is 112 cm³/mol. The lowest BCUT2D eigenvalue weighted by Crippen LogP contribution is -2.38. The molecule has 1 fully saturated rings. The Balaban J connectivity index is 1.59. The summed E-state index contributed by atoms with van der Waals surface area (Å²) in [6.45, 7) is 3.21. The maximum atomic E-state index is 13.2. The number of benzene rings is 2. The number of hydrogen-bond acceptors (Lipinski definition) is 6. The molecule has 0 aliphatic carbocycles. The van der Waals surface area contributed by atoms with E-state index in [0.29, 0.717) is 18.3 Å². The number of aromatic nitrogens is 1.